The molecule has 3 heterocycles. The van der Waals surface area contributed by atoms with Gasteiger partial charge >= 0.3 is 12.3 Å². The Morgan fingerprint density at radius 3 is 2.29 bits per heavy atom. The number of aromatic nitrogens is 1. The summed E-state index contributed by atoms with van der Waals surface area (Å²) in [5, 5.41) is 12.6. The fourth-order valence-corrected chi connectivity index (χ4v) is 4.39. The number of nitrogens with one attached hydrogen (secondary N) is 1. The Balaban J connectivity index is 1.69. The van der Waals surface area contributed by atoms with Crippen LogP contribution in [0, 0.1) is 5.92 Å². The monoisotopic (exact) mass is 587 g/mol. The number of halogens is 3. The number of carbonyl (C=O) groups excluding carboxylic acids is 2. The van der Waals surface area contributed by atoms with E-state index in [0.29, 0.717) is 10.5 Å². The van der Waals surface area contributed by atoms with Crippen LogP contribution in [0.4, 0.5) is 29.5 Å². The Labute approximate surface area is 237 Å². The van der Waals surface area contributed by atoms with Gasteiger partial charge in [-0.15, -0.1) is 0 Å². The van der Waals surface area contributed by atoms with Gasteiger partial charge in [0.15, 0.2) is 6.10 Å². The number of aliphatic hydroxyl groups is 1. The summed E-state index contributed by atoms with van der Waals surface area (Å²) in [5.74, 6) is -1.96. The van der Waals surface area contributed by atoms with E-state index in [4.69, 9.17) is 13.6 Å². The van der Waals surface area contributed by atoms with Gasteiger partial charge < -0.3 is 18.7 Å². The maximum absolute atomic E-state index is 13.7. The summed E-state index contributed by atoms with van der Waals surface area (Å²) in [6, 6.07) is 15.4. The lowest BCUT2D eigenvalue weighted by atomic mass is 9.96. The fraction of sp³-hybridized carbons (Fsp3) is 0.276. The molecule has 0 fully saturated rings. The number of benzene rings is 1. The van der Waals surface area contributed by atoms with Crippen LogP contribution < -0.4 is 15.8 Å². The molecule has 0 aliphatic carbocycles. The van der Waals surface area contributed by atoms with Crippen molar-refractivity contribution in [3.05, 3.63) is 95.2 Å². The van der Waals surface area contributed by atoms with Crippen LogP contribution in [-0.2, 0) is 22.7 Å². The van der Waals surface area contributed by atoms with Gasteiger partial charge in [0.2, 0.25) is 11.8 Å². The van der Waals surface area contributed by atoms with E-state index in [1.807, 2.05) is 0 Å². The van der Waals surface area contributed by atoms with E-state index in [0.717, 1.165) is 4.57 Å². The number of hydrogen-bond acceptors (Lipinski definition) is 7. The van der Waals surface area contributed by atoms with Crippen molar-refractivity contribution in [2.24, 2.45) is 5.92 Å². The molecule has 4 aromatic rings. The quantitative estimate of drug-likeness (QED) is 0.253. The second kappa shape index (κ2) is 12.8. The largest absolute Gasteiger partial charge is 0.463 e. The molecule has 2 N–H and O–H groups in total. The topological polar surface area (TPSA) is 127 Å². The highest BCUT2D eigenvalue weighted by Gasteiger charge is 2.49. The van der Waals surface area contributed by atoms with Crippen molar-refractivity contribution in [2.75, 3.05) is 10.2 Å². The van der Waals surface area contributed by atoms with E-state index in [1.54, 1.807) is 36.4 Å². The first-order chi connectivity index (χ1) is 20.0. The molecule has 0 aliphatic rings. The van der Waals surface area contributed by atoms with E-state index in [2.05, 4.69) is 5.32 Å². The molecule has 0 aliphatic heterocycles. The molecule has 222 valence electrons. The van der Waals surface area contributed by atoms with Gasteiger partial charge in [0.05, 0.1) is 24.3 Å². The zero-order chi connectivity index (χ0) is 30.4. The molecule has 0 spiro atoms. The Morgan fingerprint density at radius 1 is 1.00 bits per heavy atom. The van der Waals surface area contributed by atoms with Gasteiger partial charge in [0.25, 0.3) is 5.56 Å². The molecule has 0 radical (unpaired) electrons. The van der Waals surface area contributed by atoms with Crippen molar-refractivity contribution < 1.29 is 41.4 Å². The first-order valence-electron chi connectivity index (χ1n) is 12.8. The average molecular weight is 588 g/mol. The number of furan rings is 2. The molecule has 0 bridgehead atoms. The zero-order valence-corrected chi connectivity index (χ0v) is 22.6. The summed E-state index contributed by atoms with van der Waals surface area (Å²) >= 11 is 0. The Morgan fingerprint density at radius 2 is 1.69 bits per heavy atom. The molecular weight excluding hydrogens is 559 g/mol. The van der Waals surface area contributed by atoms with E-state index < -0.39 is 48.3 Å². The number of hydrogen-bond donors (Lipinski definition) is 2. The SMILES string of the molecule is CC(C)C(C(O)C(F)(F)F)N(C(=O)Cn1c(-c2ccco2)ccc(NC(=O)OCc2ccccc2)c1=O)c1ccco1. The zero-order valence-electron chi connectivity index (χ0n) is 22.6. The van der Waals surface area contributed by atoms with Crippen molar-refractivity contribution in [2.45, 2.75) is 45.3 Å². The maximum atomic E-state index is 13.7. The second-order valence-corrected chi connectivity index (χ2v) is 9.62. The third kappa shape index (κ3) is 6.92. The highest BCUT2D eigenvalue weighted by atomic mass is 19.4. The van der Waals surface area contributed by atoms with Gasteiger partial charge in [0.1, 0.15) is 24.6 Å². The van der Waals surface area contributed by atoms with Crippen LogP contribution in [0.3, 0.4) is 0 Å². The summed E-state index contributed by atoms with van der Waals surface area (Å²) in [6.07, 6.45) is -6.41. The molecule has 0 saturated carbocycles. The minimum Gasteiger partial charge on any atom is -0.463 e. The molecule has 3 aromatic heterocycles. The summed E-state index contributed by atoms with van der Waals surface area (Å²) in [6.45, 7) is 1.96. The molecular formula is C29H28F3N3O7. The highest BCUT2D eigenvalue weighted by Crippen LogP contribution is 2.32. The van der Waals surface area contributed by atoms with E-state index >= 15 is 0 Å². The third-order valence-corrected chi connectivity index (χ3v) is 6.34. The van der Waals surface area contributed by atoms with Crippen LogP contribution in [0.1, 0.15) is 19.4 Å². The normalized spacial score (nSPS) is 13.0. The van der Waals surface area contributed by atoms with Crippen molar-refractivity contribution in [3.8, 4) is 11.5 Å². The molecule has 2 unspecified atom stereocenters. The van der Waals surface area contributed by atoms with E-state index in [9.17, 15) is 32.7 Å². The van der Waals surface area contributed by atoms with Gasteiger partial charge in [-0.1, -0.05) is 44.2 Å². The summed E-state index contributed by atoms with van der Waals surface area (Å²) in [7, 11) is 0. The molecule has 42 heavy (non-hydrogen) atoms. The maximum Gasteiger partial charge on any atom is 0.416 e. The molecule has 10 nitrogen and oxygen atoms in total. The number of ether oxygens (including phenoxy) is 1. The van der Waals surface area contributed by atoms with E-state index in [1.165, 1.54) is 56.7 Å². The second-order valence-electron chi connectivity index (χ2n) is 9.62. The van der Waals surface area contributed by atoms with Gasteiger partial charge in [-0.2, -0.15) is 13.2 Å². The number of amides is 2. The van der Waals surface area contributed by atoms with Crippen molar-refractivity contribution in [3.63, 3.8) is 0 Å². The average Bonchev–Trinajstić information content (AvgIpc) is 3.67. The number of anilines is 2. The van der Waals surface area contributed by atoms with Crippen LogP contribution >= 0.6 is 0 Å². The van der Waals surface area contributed by atoms with Crippen LogP contribution in [0.15, 0.2) is 92.9 Å². The first kappa shape index (κ1) is 30.2. The molecule has 13 heteroatoms. The lowest BCUT2D eigenvalue weighted by molar-refractivity contribution is -0.213. The standard InChI is InChI=1S/C29H28F3N3O7/c1-18(2)25(26(37)29(30,31)32)35(24-11-7-15-41-24)23(36)16-34-21(22-10-6-14-40-22)13-12-20(27(34)38)33-28(39)42-17-19-8-4-3-5-9-19/h3-15,18,25-26,37H,16-17H2,1-2H3,(H,33,39). The number of rotatable bonds is 10. The van der Waals surface area contributed by atoms with E-state index in [-0.39, 0.29) is 29.6 Å². The molecule has 1 aromatic carbocycles. The van der Waals surface area contributed by atoms with Crippen LogP contribution in [-0.4, -0.2) is 40.0 Å². The summed E-state index contributed by atoms with van der Waals surface area (Å²) in [4.78, 5) is 40.5. The van der Waals surface area contributed by atoms with Crippen LogP contribution in [0.2, 0.25) is 0 Å². The first-order valence-corrected chi connectivity index (χ1v) is 12.8. The number of pyridine rings is 1. The van der Waals surface area contributed by atoms with Crippen molar-refractivity contribution in [1.82, 2.24) is 4.57 Å². The summed E-state index contributed by atoms with van der Waals surface area (Å²) in [5.41, 5.74) is -0.289. The van der Waals surface area contributed by atoms with Gasteiger partial charge in [-0.25, -0.2) is 4.79 Å². The number of nitrogens with zero attached hydrogens (tertiary/aromatic N) is 2. The van der Waals surface area contributed by atoms with Crippen molar-refractivity contribution >= 4 is 23.6 Å². The Kier molecular flexibility index (Phi) is 9.21. The minimum absolute atomic E-state index is 0.0694. The highest BCUT2D eigenvalue weighted by molar-refractivity contribution is 5.93. The fourth-order valence-electron chi connectivity index (χ4n) is 4.39. The Hall–Kier alpha value is -4.78. The van der Waals surface area contributed by atoms with Crippen LogP contribution in [0.25, 0.3) is 11.5 Å². The lowest BCUT2D eigenvalue weighted by Gasteiger charge is -2.36. The summed E-state index contributed by atoms with van der Waals surface area (Å²) < 4.78 is 57.8. The number of alkyl halides is 3. The molecule has 2 amide bonds. The van der Waals surface area contributed by atoms with Gasteiger partial charge in [-0.05, 0) is 41.8 Å². The Bertz CT molecular complexity index is 1530. The molecule has 4 rings (SSSR count). The van der Waals surface area contributed by atoms with Crippen LogP contribution in [0.5, 0.6) is 0 Å². The third-order valence-electron chi connectivity index (χ3n) is 6.34. The predicted octanol–water partition coefficient (Wildman–Crippen LogP) is 5.43. The molecule has 0 saturated heterocycles. The smallest absolute Gasteiger partial charge is 0.416 e. The van der Waals surface area contributed by atoms with Crippen molar-refractivity contribution in [1.29, 1.82) is 0 Å². The minimum atomic E-state index is -5.06. The molecule has 2 atom stereocenters. The number of carbonyl (C=O) groups is 2. The van der Waals surface area contributed by atoms with Gasteiger partial charge in [0, 0.05) is 6.07 Å². The predicted molar refractivity (Wildman–Crippen MR) is 146 cm³/mol. The van der Waals surface area contributed by atoms with Gasteiger partial charge in [-0.3, -0.25) is 24.4 Å². The number of aliphatic hydroxyl groups excluding tert-OH is 1. The lowest BCUT2D eigenvalue weighted by Crippen LogP contribution is -2.56.